The van der Waals surface area contributed by atoms with Crippen LogP contribution < -0.4 is 5.32 Å². The first-order chi connectivity index (χ1) is 19.0. The molecule has 3 aromatic carbocycles. The Hall–Kier alpha value is -4.23. The molecule has 1 N–H and O–H groups in total. The molecule has 5 aromatic rings. The molecule has 2 aromatic heterocycles. The second-order valence-corrected chi connectivity index (χ2v) is 10.3. The molecule has 0 aliphatic heterocycles. The van der Waals surface area contributed by atoms with Gasteiger partial charge >= 0.3 is 0 Å². The monoisotopic (exact) mass is 539 g/mol. The Kier molecular flexibility index (Phi) is 6.75. The van der Waals surface area contributed by atoms with Crippen LogP contribution in [-0.4, -0.2) is 39.0 Å². The lowest BCUT2D eigenvalue weighted by atomic mass is 10.1. The number of anilines is 2. The van der Waals surface area contributed by atoms with E-state index in [0.29, 0.717) is 35.0 Å². The Labute approximate surface area is 231 Å². The van der Waals surface area contributed by atoms with Crippen LogP contribution in [-0.2, 0) is 6.42 Å². The van der Waals surface area contributed by atoms with Gasteiger partial charge in [0, 0.05) is 59.0 Å². The summed E-state index contributed by atoms with van der Waals surface area (Å²) in [4.78, 5) is 19.5. The normalized spacial score (nSPS) is 13.0. The molecule has 0 spiro atoms. The summed E-state index contributed by atoms with van der Waals surface area (Å²) in [5.74, 6) is 0.800. The van der Waals surface area contributed by atoms with E-state index in [-0.39, 0.29) is 11.7 Å². The minimum absolute atomic E-state index is 0.146. The van der Waals surface area contributed by atoms with Crippen LogP contribution in [0.5, 0.6) is 0 Å². The van der Waals surface area contributed by atoms with Gasteiger partial charge in [-0.25, -0.2) is 9.37 Å². The van der Waals surface area contributed by atoms with Crippen molar-refractivity contribution in [3.63, 3.8) is 0 Å². The smallest absolute Gasteiger partial charge is 0.253 e. The van der Waals surface area contributed by atoms with Crippen LogP contribution in [0.4, 0.5) is 15.9 Å². The van der Waals surface area contributed by atoms with E-state index in [4.69, 9.17) is 21.7 Å². The minimum Gasteiger partial charge on any atom is -0.341 e. The zero-order chi connectivity index (χ0) is 26.9. The number of rotatable bonds is 8. The number of likely N-dealkylation sites (N-methyl/N-ethyl adjacent to an activating group) is 1. The molecule has 1 aliphatic rings. The number of nitrogens with one attached hydrogen (secondary N) is 1. The van der Waals surface area contributed by atoms with Crippen molar-refractivity contribution in [1.82, 2.24) is 19.5 Å². The van der Waals surface area contributed by atoms with Crippen molar-refractivity contribution in [2.24, 2.45) is 0 Å². The van der Waals surface area contributed by atoms with Gasteiger partial charge in [-0.15, -0.1) is 0 Å². The van der Waals surface area contributed by atoms with Crippen molar-refractivity contribution < 1.29 is 9.18 Å². The second-order valence-electron chi connectivity index (χ2n) is 9.89. The first-order valence-electron chi connectivity index (χ1n) is 13.0. The average Bonchev–Trinajstić information content (AvgIpc) is 3.71. The van der Waals surface area contributed by atoms with Crippen LogP contribution in [0.3, 0.4) is 0 Å². The lowest BCUT2D eigenvalue weighted by Gasteiger charge is -2.18. The van der Waals surface area contributed by atoms with Crippen LogP contribution in [0.25, 0.3) is 16.9 Å². The van der Waals surface area contributed by atoms with Crippen LogP contribution in [0, 0.1) is 5.82 Å². The number of fused-ring (bicyclic) bond motifs is 1. The maximum atomic E-state index is 14.1. The molecule has 0 unspecified atom stereocenters. The zero-order valence-electron chi connectivity index (χ0n) is 21.4. The molecule has 0 radical (unpaired) electrons. The van der Waals surface area contributed by atoms with Gasteiger partial charge in [0.05, 0.1) is 11.4 Å². The molecule has 196 valence electrons. The standard InChI is InChI=1S/C31H27ClFN5O/c1-37(17-16-24-25(32)8-5-9-26(24)33)31(39)22-12-14-23(15-13-22)34-29-18-27(20-6-3-2-4-7-20)35-30-19-28(21-10-11-21)36-38(29)30/h2-9,12-15,18-19,21,34H,10-11,16-17H2,1H3. The highest BCUT2D eigenvalue weighted by atomic mass is 35.5. The highest BCUT2D eigenvalue weighted by molar-refractivity contribution is 6.31. The van der Waals surface area contributed by atoms with Crippen molar-refractivity contribution in [3.8, 4) is 11.3 Å². The zero-order valence-corrected chi connectivity index (χ0v) is 22.2. The topological polar surface area (TPSA) is 62.5 Å². The maximum absolute atomic E-state index is 14.1. The molecule has 1 amide bonds. The van der Waals surface area contributed by atoms with Gasteiger partial charge in [0.2, 0.25) is 0 Å². The van der Waals surface area contributed by atoms with Crippen LogP contribution in [0.2, 0.25) is 5.02 Å². The molecule has 1 fully saturated rings. The van der Waals surface area contributed by atoms with E-state index in [2.05, 4.69) is 11.4 Å². The molecule has 6 rings (SSSR count). The van der Waals surface area contributed by atoms with Gasteiger partial charge in [-0.1, -0.05) is 48.0 Å². The third-order valence-electron chi connectivity index (χ3n) is 7.02. The van der Waals surface area contributed by atoms with Crippen molar-refractivity contribution in [2.45, 2.75) is 25.2 Å². The van der Waals surface area contributed by atoms with E-state index in [0.717, 1.165) is 46.9 Å². The van der Waals surface area contributed by atoms with E-state index in [1.807, 2.05) is 53.0 Å². The maximum Gasteiger partial charge on any atom is 0.253 e. The van der Waals surface area contributed by atoms with Crippen molar-refractivity contribution in [3.05, 3.63) is 113 Å². The fourth-order valence-corrected chi connectivity index (χ4v) is 4.89. The SMILES string of the molecule is CN(CCc1c(F)cccc1Cl)C(=O)c1ccc(Nc2cc(-c3ccccc3)nc3cc(C4CC4)nn23)cc1. The van der Waals surface area contributed by atoms with Crippen LogP contribution in [0.1, 0.15) is 40.4 Å². The number of halogens is 2. The van der Waals surface area contributed by atoms with Gasteiger partial charge in [0.15, 0.2) is 5.65 Å². The molecule has 0 bridgehead atoms. The second kappa shape index (κ2) is 10.5. The Bertz CT molecular complexity index is 1630. The Morgan fingerprint density at radius 1 is 1.05 bits per heavy atom. The first kappa shape index (κ1) is 25.1. The number of aromatic nitrogens is 3. The van der Waals surface area contributed by atoms with Crippen molar-refractivity contribution in [2.75, 3.05) is 18.9 Å². The van der Waals surface area contributed by atoms with Gasteiger partial charge in [-0.3, -0.25) is 4.79 Å². The molecule has 2 heterocycles. The highest BCUT2D eigenvalue weighted by Gasteiger charge is 2.27. The van der Waals surface area contributed by atoms with E-state index in [1.165, 1.54) is 6.07 Å². The third-order valence-corrected chi connectivity index (χ3v) is 7.38. The largest absolute Gasteiger partial charge is 0.341 e. The summed E-state index contributed by atoms with van der Waals surface area (Å²) in [6.07, 6.45) is 2.66. The van der Waals surface area contributed by atoms with Crippen LogP contribution in [0.15, 0.2) is 84.9 Å². The molecular weight excluding hydrogens is 513 g/mol. The van der Waals surface area contributed by atoms with E-state index in [1.54, 1.807) is 36.2 Å². The number of amides is 1. The summed E-state index contributed by atoms with van der Waals surface area (Å²) in [5.41, 5.74) is 5.53. The fraction of sp³-hybridized carbons (Fsp3) is 0.194. The number of carbonyl (C=O) groups is 1. The summed E-state index contributed by atoms with van der Waals surface area (Å²) in [7, 11) is 1.71. The molecular formula is C31H27ClFN5O. The lowest BCUT2D eigenvalue weighted by molar-refractivity contribution is 0.0796. The summed E-state index contributed by atoms with van der Waals surface area (Å²) >= 11 is 6.13. The number of benzene rings is 3. The Morgan fingerprint density at radius 3 is 2.54 bits per heavy atom. The summed E-state index contributed by atoms with van der Waals surface area (Å²) in [6, 6.07) is 26.0. The number of hydrogen-bond acceptors (Lipinski definition) is 4. The molecule has 6 nitrogen and oxygen atoms in total. The van der Waals surface area contributed by atoms with E-state index < -0.39 is 0 Å². The molecule has 0 atom stereocenters. The molecule has 39 heavy (non-hydrogen) atoms. The first-order valence-corrected chi connectivity index (χ1v) is 13.4. The van der Waals surface area contributed by atoms with Gasteiger partial charge in [0.1, 0.15) is 11.6 Å². The minimum atomic E-state index is -0.360. The lowest BCUT2D eigenvalue weighted by Crippen LogP contribution is -2.29. The van der Waals surface area contributed by atoms with Gasteiger partial charge in [-0.2, -0.15) is 9.61 Å². The fourth-order valence-electron chi connectivity index (χ4n) is 4.63. The van der Waals surface area contributed by atoms with Crippen LogP contribution >= 0.6 is 11.6 Å². The Balaban J connectivity index is 1.21. The number of carbonyl (C=O) groups excluding carboxylic acids is 1. The van der Waals surface area contributed by atoms with E-state index >= 15 is 0 Å². The highest BCUT2D eigenvalue weighted by Crippen LogP contribution is 2.40. The predicted molar refractivity (Wildman–Crippen MR) is 152 cm³/mol. The molecule has 8 heteroatoms. The molecule has 1 aliphatic carbocycles. The number of nitrogens with zero attached hydrogens (tertiary/aromatic N) is 4. The van der Waals surface area contributed by atoms with Gasteiger partial charge in [0.25, 0.3) is 5.91 Å². The third kappa shape index (κ3) is 5.36. The molecule has 1 saturated carbocycles. The summed E-state index contributed by atoms with van der Waals surface area (Å²) < 4.78 is 16.0. The average molecular weight is 540 g/mol. The quantitative estimate of drug-likeness (QED) is 0.228. The van der Waals surface area contributed by atoms with Gasteiger partial charge in [-0.05, 0) is 55.7 Å². The van der Waals surface area contributed by atoms with Crippen molar-refractivity contribution in [1.29, 1.82) is 0 Å². The Morgan fingerprint density at radius 2 is 1.82 bits per heavy atom. The van der Waals surface area contributed by atoms with E-state index in [9.17, 15) is 9.18 Å². The number of hydrogen-bond donors (Lipinski definition) is 1. The molecule has 0 saturated heterocycles. The van der Waals surface area contributed by atoms with Gasteiger partial charge < -0.3 is 10.2 Å². The summed E-state index contributed by atoms with van der Waals surface area (Å²) in [6.45, 7) is 0.347. The predicted octanol–water partition coefficient (Wildman–Crippen LogP) is 7.12. The van der Waals surface area contributed by atoms with Crippen molar-refractivity contribution >= 4 is 34.7 Å². The summed E-state index contributed by atoms with van der Waals surface area (Å²) in [5, 5.41) is 8.66.